The predicted octanol–water partition coefficient (Wildman–Crippen LogP) is 3.46. The predicted molar refractivity (Wildman–Crippen MR) is 148 cm³/mol. The van der Waals surface area contributed by atoms with E-state index in [4.69, 9.17) is 9.47 Å². The maximum Gasteiger partial charge on any atom is 0.312 e. The number of hydrogen-bond acceptors (Lipinski definition) is 6. The van der Waals surface area contributed by atoms with Crippen molar-refractivity contribution in [3.05, 3.63) is 54.6 Å². The SMILES string of the molecule is C=CCCCOC(=O)[C@H]1[C@@H]2OC3(CC2Br)C(C(=O)N(CC=C)c2cc(C)ccc2C)N(CCCO)C(=O)[C@H]13. The summed E-state index contributed by atoms with van der Waals surface area (Å²) in [5.74, 6) is -2.70. The van der Waals surface area contributed by atoms with Crippen LogP contribution in [0.3, 0.4) is 0 Å². The molecule has 0 saturated carbocycles. The zero-order valence-electron chi connectivity index (χ0n) is 22.1. The first-order valence-electron chi connectivity index (χ1n) is 13.2. The highest BCUT2D eigenvalue weighted by molar-refractivity contribution is 9.09. The number of halogens is 1. The Balaban J connectivity index is 1.74. The number of aliphatic hydroxyl groups is 1. The molecule has 3 heterocycles. The molecular formula is C29H37BrN2O6. The average molecular weight is 590 g/mol. The quantitative estimate of drug-likeness (QED) is 0.174. The van der Waals surface area contributed by atoms with E-state index in [9.17, 15) is 19.5 Å². The van der Waals surface area contributed by atoms with E-state index in [1.54, 1.807) is 17.1 Å². The van der Waals surface area contributed by atoms with Crippen molar-refractivity contribution in [3.8, 4) is 0 Å². The van der Waals surface area contributed by atoms with Crippen molar-refractivity contribution >= 4 is 39.4 Å². The fourth-order valence-electron chi connectivity index (χ4n) is 6.25. The first-order chi connectivity index (χ1) is 18.2. The molecule has 1 N–H and O–H groups in total. The lowest BCUT2D eigenvalue weighted by atomic mass is 9.70. The molecule has 0 aliphatic carbocycles. The van der Waals surface area contributed by atoms with Gasteiger partial charge in [0.05, 0.1) is 24.5 Å². The van der Waals surface area contributed by atoms with Crippen LogP contribution in [0.15, 0.2) is 43.5 Å². The second kappa shape index (κ2) is 11.7. The van der Waals surface area contributed by atoms with Gasteiger partial charge >= 0.3 is 5.97 Å². The molecule has 8 nitrogen and oxygen atoms in total. The Kier molecular flexibility index (Phi) is 8.79. The highest BCUT2D eigenvalue weighted by atomic mass is 79.9. The Morgan fingerprint density at radius 3 is 2.74 bits per heavy atom. The average Bonchev–Trinajstić information content (AvgIpc) is 3.48. The number of esters is 1. The highest BCUT2D eigenvalue weighted by Crippen LogP contribution is 2.60. The van der Waals surface area contributed by atoms with Gasteiger partial charge in [-0.25, -0.2) is 0 Å². The molecule has 2 bridgehead atoms. The first-order valence-corrected chi connectivity index (χ1v) is 14.1. The van der Waals surface area contributed by atoms with Crippen LogP contribution >= 0.6 is 15.9 Å². The third-order valence-corrected chi connectivity index (χ3v) is 8.73. The number of carbonyl (C=O) groups excluding carboxylic acids is 3. The Hall–Kier alpha value is -2.49. The summed E-state index contributed by atoms with van der Waals surface area (Å²) in [5.41, 5.74) is 1.48. The zero-order valence-corrected chi connectivity index (χ0v) is 23.7. The Labute approximate surface area is 232 Å². The number of allylic oxidation sites excluding steroid dienone is 1. The van der Waals surface area contributed by atoms with E-state index < -0.39 is 35.6 Å². The Morgan fingerprint density at radius 2 is 2.05 bits per heavy atom. The monoisotopic (exact) mass is 588 g/mol. The summed E-state index contributed by atoms with van der Waals surface area (Å²) in [7, 11) is 0. The number of anilines is 1. The van der Waals surface area contributed by atoms with Gasteiger partial charge in [0.15, 0.2) is 0 Å². The molecule has 3 unspecified atom stereocenters. The van der Waals surface area contributed by atoms with Crippen molar-refractivity contribution < 1.29 is 29.0 Å². The van der Waals surface area contributed by atoms with Crippen LogP contribution in [0, 0.1) is 25.7 Å². The molecule has 3 aliphatic rings. The topological polar surface area (TPSA) is 96.4 Å². The van der Waals surface area contributed by atoms with Gasteiger partial charge in [-0.05, 0) is 56.7 Å². The Bertz CT molecular complexity index is 1110. The second-order valence-electron chi connectivity index (χ2n) is 10.4. The largest absolute Gasteiger partial charge is 0.465 e. The van der Waals surface area contributed by atoms with E-state index in [-0.39, 0.29) is 42.9 Å². The van der Waals surface area contributed by atoms with Crippen molar-refractivity contribution in [1.82, 2.24) is 4.90 Å². The number of nitrogens with zero attached hydrogens (tertiary/aromatic N) is 2. The van der Waals surface area contributed by atoms with Crippen LogP contribution in [-0.4, -0.2) is 76.7 Å². The molecule has 1 spiro atoms. The third-order valence-electron chi connectivity index (χ3n) is 7.88. The van der Waals surface area contributed by atoms with E-state index in [0.29, 0.717) is 25.7 Å². The molecule has 4 rings (SSSR count). The van der Waals surface area contributed by atoms with Gasteiger partial charge in [0, 0.05) is 30.2 Å². The molecule has 0 aromatic heterocycles. The number of rotatable bonds is 12. The van der Waals surface area contributed by atoms with E-state index in [1.807, 2.05) is 32.0 Å². The standard InChI is InChI=1S/C29H37BrN2O6/c1-5-7-8-15-37-28(36)22-23-26(34)32(13-9-14-33)25(29(23)17-20(30)24(22)38-29)27(35)31(12-6-2)21-16-18(3)10-11-19(21)4/h5-6,10-11,16,20,22-25,33H,1-2,7-9,12-15,17H2,3-4H3/t20?,22-,23+,24-,25?,29?/m1/s1. The number of fused-ring (bicyclic) bond motifs is 1. The van der Waals surface area contributed by atoms with E-state index in [1.165, 1.54) is 4.90 Å². The van der Waals surface area contributed by atoms with Crippen LogP contribution in [0.1, 0.15) is 36.8 Å². The lowest BCUT2D eigenvalue weighted by molar-refractivity contribution is -0.155. The summed E-state index contributed by atoms with van der Waals surface area (Å²) >= 11 is 3.67. The van der Waals surface area contributed by atoms with E-state index in [0.717, 1.165) is 16.8 Å². The van der Waals surface area contributed by atoms with E-state index >= 15 is 0 Å². The van der Waals surface area contributed by atoms with Gasteiger partial charge in [-0.2, -0.15) is 0 Å². The van der Waals surface area contributed by atoms with Crippen LogP contribution in [0.25, 0.3) is 0 Å². The van der Waals surface area contributed by atoms with Gasteiger partial charge in [0.2, 0.25) is 5.91 Å². The second-order valence-corrected chi connectivity index (χ2v) is 11.6. The number of likely N-dealkylation sites (tertiary alicyclic amines) is 1. The van der Waals surface area contributed by atoms with Gasteiger partial charge in [0.1, 0.15) is 11.6 Å². The first kappa shape index (κ1) is 28.5. The molecule has 1 aromatic carbocycles. The van der Waals surface area contributed by atoms with Crippen molar-refractivity contribution in [2.24, 2.45) is 11.8 Å². The summed E-state index contributed by atoms with van der Waals surface area (Å²) < 4.78 is 12.1. The number of aryl methyl sites for hydroxylation is 2. The maximum absolute atomic E-state index is 14.5. The number of carbonyl (C=O) groups is 3. The fraction of sp³-hybridized carbons (Fsp3) is 0.552. The number of alkyl halides is 1. The molecular weight excluding hydrogens is 552 g/mol. The molecule has 3 aliphatic heterocycles. The van der Waals surface area contributed by atoms with Gasteiger partial charge in [-0.1, -0.05) is 40.2 Å². The molecule has 3 saturated heterocycles. The van der Waals surface area contributed by atoms with Crippen LogP contribution in [-0.2, 0) is 23.9 Å². The summed E-state index contributed by atoms with van der Waals surface area (Å²) in [6, 6.07) is 4.95. The highest BCUT2D eigenvalue weighted by Gasteiger charge is 2.77. The summed E-state index contributed by atoms with van der Waals surface area (Å²) in [5, 5.41) is 9.57. The summed E-state index contributed by atoms with van der Waals surface area (Å²) in [6.07, 6.45) is 4.93. The maximum atomic E-state index is 14.5. The van der Waals surface area contributed by atoms with Crippen LogP contribution in [0.2, 0.25) is 0 Å². The van der Waals surface area contributed by atoms with Crippen LogP contribution in [0.4, 0.5) is 5.69 Å². The fourth-order valence-corrected chi connectivity index (χ4v) is 7.19. The number of aliphatic hydroxyl groups excluding tert-OH is 1. The molecule has 2 amide bonds. The number of hydrogen-bond donors (Lipinski definition) is 1. The number of ether oxygens (including phenoxy) is 2. The Morgan fingerprint density at radius 1 is 1.29 bits per heavy atom. The molecule has 9 heteroatoms. The normalized spacial score (nSPS) is 29.3. The molecule has 38 heavy (non-hydrogen) atoms. The number of unbranched alkanes of at least 4 members (excludes halogenated alkanes) is 1. The van der Waals surface area contributed by atoms with Gasteiger partial charge < -0.3 is 24.4 Å². The van der Waals surface area contributed by atoms with Crippen molar-refractivity contribution in [2.75, 3.05) is 31.2 Å². The minimum atomic E-state index is -1.18. The molecule has 3 fully saturated rings. The zero-order chi connectivity index (χ0) is 27.6. The summed E-state index contributed by atoms with van der Waals surface area (Å²) in [6.45, 7) is 12.0. The minimum Gasteiger partial charge on any atom is -0.465 e. The van der Waals surface area contributed by atoms with Crippen molar-refractivity contribution in [2.45, 2.75) is 62.1 Å². The van der Waals surface area contributed by atoms with Crippen LogP contribution < -0.4 is 4.90 Å². The van der Waals surface area contributed by atoms with Crippen LogP contribution in [0.5, 0.6) is 0 Å². The number of amides is 2. The molecule has 6 atom stereocenters. The van der Waals surface area contributed by atoms with Gasteiger partial charge in [0.25, 0.3) is 5.91 Å². The molecule has 1 aromatic rings. The molecule has 0 radical (unpaired) electrons. The lowest BCUT2D eigenvalue weighted by Gasteiger charge is -2.37. The smallest absolute Gasteiger partial charge is 0.312 e. The van der Waals surface area contributed by atoms with Crippen molar-refractivity contribution in [3.63, 3.8) is 0 Å². The van der Waals surface area contributed by atoms with Gasteiger partial charge in [-0.3, -0.25) is 14.4 Å². The van der Waals surface area contributed by atoms with Crippen molar-refractivity contribution in [1.29, 1.82) is 0 Å². The third kappa shape index (κ3) is 4.84. The van der Waals surface area contributed by atoms with Gasteiger partial charge in [-0.15, -0.1) is 13.2 Å². The number of benzene rings is 1. The van der Waals surface area contributed by atoms with E-state index in [2.05, 4.69) is 29.1 Å². The molecule has 206 valence electrons. The minimum absolute atomic E-state index is 0.130. The lowest BCUT2D eigenvalue weighted by Crippen LogP contribution is -2.57. The summed E-state index contributed by atoms with van der Waals surface area (Å²) in [4.78, 5) is 44.7.